The van der Waals surface area contributed by atoms with Gasteiger partial charge in [-0.2, -0.15) is 0 Å². The first-order chi connectivity index (χ1) is 8.92. The van der Waals surface area contributed by atoms with Crippen LogP contribution in [0.1, 0.15) is 51.4 Å². The Morgan fingerprint density at radius 2 is 0.833 bits per heavy atom. The first-order valence-electron chi connectivity index (χ1n) is 8.38. The van der Waals surface area contributed by atoms with E-state index in [0.29, 0.717) is 0 Å². The molecular weight excluding hydrogens is 220 g/mol. The topological polar surface area (TPSA) is 24.1 Å². The highest BCUT2D eigenvalue weighted by atomic mass is 15.0. The van der Waals surface area contributed by atoms with Crippen molar-refractivity contribution in [3.63, 3.8) is 0 Å². The summed E-state index contributed by atoms with van der Waals surface area (Å²) < 4.78 is 0. The summed E-state index contributed by atoms with van der Waals surface area (Å²) in [6.07, 6.45) is 12.0. The van der Waals surface area contributed by atoms with Gasteiger partial charge in [0.2, 0.25) is 0 Å². The molecule has 0 aromatic heterocycles. The van der Waals surface area contributed by atoms with Crippen molar-refractivity contribution in [2.24, 2.45) is 23.7 Å². The van der Waals surface area contributed by atoms with Crippen LogP contribution >= 0.6 is 0 Å². The molecule has 4 aliphatic carbocycles. The zero-order chi connectivity index (χ0) is 11.9. The minimum absolute atomic E-state index is 0.882. The maximum atomic E-state index is 3.86. The molecular formula is C16H28N2. The van der Waals surface area contributed by atoms with Crippen molar-refractivity contribution in [1.82, 2.24) is 10.6 Å². The Bertz CT molecular complexity index is 233. The predicted molar refractivity (Wildman–Crippen MR) is 74.5 cm³/mol. The SMILES string of the molecule is C(CNC(C1CC1)C1CC1)NC(C1CC1)C1CC1. The summed E-state index contributed by atoms with van der Waals surface area (Å²) >= 11 is 0. The molecule has 0 spiro atoms. The van der Waals surface area contributed by atoms with E-state index in [1.165, 1.54) is 64.5 Å². The van der Waals surface area contributed by atoms with Crippen LogP contribution in [0.3, 0.4) is 0 Å². The van der Waals surface area contributed by atoms with E-state index in [-0.39, 0.29) is 0 Å². The summed E-state index contributed by atoms with van der Waals surface area (Å²) in [6.45, 7) is 2.40. The Morgan fingerprint density at radius 1 is 0.556 bits per heavy atom. The van der Waals surface area contributed by atoms with E-state index in [0.717, 1.165) is 35.8 Å². The van der Waals surface area contributed by atoms with Crippen LogP contribution in [0.25, 0.3) is 0 Å². The quantitative estimate of drug-likeness (QED) is 0.613. The molecule has 0 saturated heterocycles. The van der Waals surface area contributed by atoms with Gasteiger partial charge in [0.1, 0.15) is 0 Å². The van der Waals surface area contributed by atoms with Crippen LogP contribution in [-0.4, -0.2) is 25.2 Å². The van der Waals surface area contributed by atoms with Gasteiger partial charge in [0.05, 0.1) is 0 Å². The van der Waals surface area contributed by atoms with Crippen LogP contribution in [0.4, 0.5) is 0 Å². The molecule has 0 aliphatic heterocycles. The number of hydrogen-bond donors (Lipinski definition) is 2. The summed E-state index contributed by atoms with van der Waals surface area (Å²) in [5.74, 6) is 4.17. The lowest BCUT2D eigenvalue weighted by molar-refractivity contribution is 0.380. The lowest BCUT2D eigenvalue weighted by Crippen LogP contribution is -2.42. The highest BCUT2D eigenvalue weighted by Crippen LogP contribution is 2.45. The smallest absolute Gasteiger partial charge is 0.0124 e. The molecule has 0 amide bonds. The molecule has 102 valence electrons. The molecule has 2 heteroatoms. The number of nitrogens with one attached hydrogen (secondary N) is 2. The first kappa shape index (κ1) is 11.7. The van der Waals surface area contributed by atoms with Crippen LogP contribution in [0.5, 0.6) is 0 Å². The maximum Gasteiger partial charge on any atom is 0.0124 e. The lowest BCUT2D eigenvalue weighted by atomic mass is 10.1. The maximum absolute atomic E-state index is 3.86. The average Bonchev–Trinajstić information content (AvgIpc) is 3.25. The van der Waals surface area contributed by atoms with Gasteiger partial charge in [-0.15, -0.1) is 0 Å². The molecule has 2 nitrogen and oxygen atoms in total. The predicted octanol–water partition coefficient (Wildman–Crippen LogP) is 2.54. The summed E-state index contributed by atoms with van der Waals surface area (Å²) in [5, 5.41) is 7.71. The molecule has 0 bridgehead atoms. The van der Waals surface area contributed by atoms with Gasteiger partial charge >= 0.3 is 0 Å². The fraction of sp³-hybridized carbons (Fsp3) is 1.00. The molecule has 2 N–H and O–H groups in total. The summed E-state index contributed by atoms with van der Waals surface area (Å²) in [6, 6.07) is 1.76. The van der Waals surface area contributed by atoms with E-state index >= 15 is 0 Å². The van der Waals surface area contributed by atoms with Crippen molar-refractivity contribution >= 4 is 0 Å². The van der Waals surface area contributed by atoms with Gasteiger partial charge in [-0.05, 0) is 75.0 Å². The fourth-order valence-corrected chi connectivity index (χ4v) is 3.74. The van der Waals surface area contributed by atoms with E-state index in [4.69, 9.17) is 0 Å². The van der Waals surface area contributed by atoms with Crippen molar-refractivity contribution in [1.29, 1.82) is 0 Å². The van der Waals surface area contributed by atoms with Crippen molar-refractivity contribution in [3.05, 3.63) is 0 Å². The van der Waals surface area contributed by atoms with Gasteiger partial charge in [0.15, 0.2) is 0 Å². The van der Waals surface area contributed by atoms with Crippen LogP contribution < -0.4 is 10.6 Å². The Kier molecular flexibility index (Phi) is 3.12. The molecule has 4 saturated carbocycles. The molecule has 0 aromatic rings. The zero-order valence-electron chi connectivity index (χ0n) is 11.5. The van der Waals surface area contributed by atoms with Crippen LogP contribution in [-0.2, 0) is 0 Å². The Balaban J connectivity index is 1.16. The van der Waals surface area contributed by atoms with Gasteiger partial charge in [0, 0.05) is 25.2 Å². The molecule has 4 aliphatic rings. The molecule has 0 aromatic carbocycles. The summed E-state index contributed by atoms with van der Waals surface area (Å²) in [7, 11) is 0. The van der Waals surface area contributed by atoms with Crippen molar-refractivity contribution < 1.29 is 0 Å². The molecule has 4 rings (SSSR count). The second-order valence-corrected chi connectivity index (χ2v) is 7.31. The lowest BCUT2D eigenvalue weighted by Gasteiger charge is -2.21. The normalized spacial score (nSPS) is 28.3. The number of hydrogen-bond acceptors (Lipinski definition) is 2. The van der Waals surface area contributed by atoms with Crippen molar-refractivity contribution in [2.45, 2.75) is 63.5 Å². The Morgan fingerprint density at radius 3 is 1.06 bits per heavy atom. The molecule has 0 unspecified atom stereocenters. The molecule has 0 atom stereocenters. The number of rotatable bonds is 9. The van der Waals surface area contributed by atoms with Crippen LogP contribution in [0.2, 0.25) is 0 Å². The van der Waals surface area contributed by atoms with E-state index in [2.05, 4.69) is 10.6 Å². The molecule has 18 heavy (non-hydrogen) atoms. The second-order valence-electron chi connectivity index (χ2n) is 7.31. The molecule has 4 fully saturated rings. The second kappa shape index (κ2) is 4.79. The fourth-order valence-electron chi connectivity index (χ4n) is 3.74. The third kappa shape index (κ3) is 2.91. The summed E-state index contributed by atoms with van der Waals surface area (Å²) in [5.41, 5.74) is 0. The monoisotopic (exact) mass is 248 g/mol. The molecule has 0 radical (unpaired) electrons. The van der Waals surface area contributed by atoms with E-state index in [1.54, 1.807) is 0 Å². The standard InChI is InChI=1S/C16H28N2/c1-2-11(1)15(12-3-4-12)17-9-10-18-16(13-5-6-13)14-7-8-14/h11-18H,1-10H2. The van der Waals surface area contributed by atoms with Gasteiger partial charge in [0.25, 0.3) is 0 Å². The van der Waals surface area contributed by atoms with E-state index < -0.39 is 0 Å². The van der Waals surface area contributed by atoms with Crippen LogP contribution in [0, 0.1) is 23.7 Å². The Hall–Kier alpha value is -0.0800. The van der Waals surface area contributed by atoms with E-state index in [1.807, 2.05) is 0 Å². The van der Waals surface area contributed by atoms with Gasteiger partial charge in [-0.3, -0.25) is 0 Å². The largest absolute Gasteiger partial charge is 0.312 e. The van der Waals surface area contributed by atoms with Crippen molar-refractivity contribution in [2.75, 3.05) is 13.1 Å². The van der Waals surface area contributed by atoms with Crippen LogP contribution in [0.15, 0.2) is 0 Å². The third-order valence-corrected chi connectivity index (χ3v) is 5.40. The average molecular weight is 248 g/mol. The summed E-state index contributed by atoms with van der Waals surface area (Å²) in [4.78, 5) is 0. The highest BCUT2D eigenvalue weighted by Gasteiger charge is 2.42. The first-order valence-corrected chi connectivity index (χ1v) is 8.38. The zero-order valence-corrected chi connectivity index (χ0v) is 11.5. The van der Waals surface area contributed by atoms with E-state index in [9.17, 15) is 0 Å². The van der Waals surface area contributed by atoms with Gasteiger partial charge in [-0.25, -0.2) is 0 Å². The minimum atomic E-state index is 0.882. The highest BCUT2D eigenvalue weighted by molar-refractivity contribution is 4.98. The van der Waals surface area contributed by atoms with Gasteiger partial charge < -0.3 is 10.6 Å². The van der Waals surface area contributed by atoms with Gasteiger partial charge in [-0.1, -0.05) is 0 Å². The Labute approximate surface area is 111 Å². The third-order valence-electron chi connectivity index (χ3n) is 5.40. The molecule has 0 heterocycles. The van der Waals surface area contributed by atoms with Crippen molar-refractivity contribution in [3.8, 4) is 0 Å². The minimum Gasteiger partial charge on any atom is -0.312 e.